The fourth-order valence-electron chi connectivity index (χ4n) is 2.53. The van der Waals surface area contributed by atoms with E-state index in [2.05, 4.69) is 0 Å². The minimum absolute atomic E-state index is 0.132. The van der Waals surface area contributed by atoms with Crippen molar-refractivity contribution < 1.29 is 12.8 Å². The van der Waals surface area contributed by atoms with Crippen molar-refractivity contribution in [3.05, 3.63) is 23.0 Å². The number of hydrogen-bond acceptors (Lipinski definition) is 3. The monoisotopic (exact) mass is 320 g/mol. The molecule has 0 aliphatic carbocycles. The van der Waals surface area contributed by atoms with Gasteiger partial charge >= 0.3 is 0 Å². The minimum Gasteiger partial charge on any atom is -0.399 e. The van der Waals surface area contributed by atoms with Crippen LogP contribution in [0.3, 0.4) is 0 Å². The first kappa shape index (κ1) is 15.5. The Morgan fingerprint density at radius 2 is 2.05 bits per heavy atom. The van der Waals surface area contributed by atoms with Crippen LogP contribution in [-0.4, -0.2) is 25.3 Å². The normalized spacial score (nSPS) is 24.8. The molecule has 112 valence electrons. The zero-order valence-electron chi connectivity index (χ0n) is 11.4. The van der Waals surface area contributed by atoms with Crippen molar-refractivity contribution in [3.63, 3.8) is 0 Å². The summed E-state index contributed by atoms with van der Waals surface area (Å²) < 4.78 is 40.7. The van der Waals surface area contributed by atoms with E-state index < -0.39 is 20.7 Å². The summed E-state index contributed by atoms with van der Waals surface area (Å²) in [6.45, 7) is 4.22. The Balaban J connectivity index is 2.50. The maximum Gasteiger partial charge on any atom is 0.246 e. The molecule has 0 bridgehead atoms. The number of nitrogens with zero attached hydrogens (tertiary/aromatic N) is 1. The number of nitrogen functional groups attached to an aromatic ring is 1. The van der Waals surface area contributed by atoms with Crippen LogP contribution in [0.1, 0.15) is 26.7 Å². The average Bonchev–Trinajstić information content (AvgIpc) is 2.36. The zero-order valence-corrected chi connectivity index (χ0v) is 13.0. The summed E-state index contributed by atoms with van der Waals surface area (Å²) >= 11 is 5.69. The highest BCUT2D eigenvalue weighted by Gasteiger charge is 2.36. The van der Waals surface area contributed by atoms with E-state index in [-0.39, 0.29) is 22.7 Å². The second-order valence-electron chi connectivity index (χ2n) is 5.29. The van der Waals surface area contributed by atoms with Gasteiger partial charge in [0.2, 0.25) is 10.0 Å². The SMILES string of the molecule is CC1CCCN(S(=O)(=O)c2cc(N)cc(Cl)c2F)C1C. The molecule has 0 spiro atoms. The second-order valence-corrected chi connectivity index (χ2v) is 7.56. The van der Waals surface area contributed by atoms with Gasteiger partial charge < -0.3 is 5.73 Å². The first-order valence-electron chi connectivity index (χ1n) is 6.51. The molecule has 2 atom stereocenters. The van der Waals surface area contributed by atoms with Crippen LogP contribution >= 0.6 is 11.6 Å². The highest BCUT2D eigenvalue weighted by Crippen LogP contribution is 2.32. The van der Waals surface area contributed by atoms with Crippen molar-refractivity contribution >= 4 is 27.3 Å². The van der Waals surface area contributed by atoms with E-state index in [9.17, 15) is 12.8 Å². The first-order chi connectivity index (χ1) is 9.25. The lowest BCUT2D eigenvalue weighted by Gasteiger charge is -2.36. The van der Waals surface area contributed by atoms with Crippen molar-refractivity contribution in [1.29, 1.82) is 0 Å². The van der Waals surface area contributed by atoms with Gasteiger partial charge in [-0.15, -0.1) is 0 Å². The summed E-state index contributed by atoms with van der Waals surface area (Å²) in [6, 6.07) is 2.16. The zero-order chi connectivity index (χ0) is 15.1. The van der Waals surface area contributed by atoms with E-state index in [4.69, 9.17) is 17.3 Å². The standard InChI is InChI=1S/C13H18ClFN2O2S/c1-8-4-3-5-17(9(8)2)20(18,19)12-7-10(16)6-11(14)13(12)15/h6-9H,3-5,16H2,1-2H3. The molecule has 0 saturated carbocycles. The van der Waals surface area contributed by atoms with Crippen LogP contribution in [0.4, 0.5) is 10.1 Å². The number of anilines is 1. The van der Waals surface area contributed by atoms with Gasteiger partial charge in [-0.25, -0.2) is 12.8 Å². The molecule has 1 heterocycles. The topological polar surface area (TPSA) is 63.4 Å². The van der Waals surface area contributed by atoms with Crippen LogP contribution in [-0.2, 0) is 10.0 Å². The fourth-order valence-corrected chi connectivity index (χ4v) is 4.71. The lowest BCUT2D eigenvalue weighted by molar-refractivity contribution is 0.202. The van der Waals surface area contributed by atoms with Gasteiger partial charge in [-0.2, -0.15) is 4.31 Å². The van der Waals surface area contributed by atoms with Crippen LogP contribution in [0.2, 0.25) is 5.02 Å². The molecule has 2 N–H and O–H groups in total. The average molecular weight is 321 g/mol. The smallest absolute Gasteiger partial charge is 0.246 e. The van der Waals surface area contributed by atoms with Crippen LogP contribution in [0.5, 0.6) is 0 Å². The van der Waals surface area contributed by atoms with Crippen LogP contribution in [0.25, 0.3) is 0 Å². The maximum atomic E-state index is 14.1. The summed E-state index contributed by atoms with van der Waals surface area (Å²) in [6.07, 6.45) is 1.73. The van der Waals surface area contributed by atoms with Crippen molar-refractivity contribution in [2.24, 2.45) is 5.92 Å². The van der Waals surface area contributed by atoms with E-state index in [1.165, 1.54) is 10.4 Å². The summed E-state index contributed by atoms with van der Waals surface area (Å²) in [5, 5.41) is -0.277. The molecule has 4 nitrogen and oxygen atoms in total. The predicted octanol–water partition coefficient (Wildman–Crippen LogP) is 2.87. The Labute approximate surface area is 123 Å². The lowest BCUT2D eigenvalue weighted by atomic mass is 9.94. The number of piperidine rings is 1. The van der Waals surface area contributed by atoms with E-state index >= 15 is 0 Å². The van der Waals surface area contributed by atoms with E-state index in [1.807, 2.05) is 13.8 Å². The number of rotatable bonds is 2. The molecule has 1 aromatic carbocycles. The Morgan fingerprint density at radius 3 is 2.70 bits per heavy atom. The van der Waals surface area contributed by atoms with Crippen molar-refractivity contribution in [2.75, 3.05) is 12.3 Å². The molecule has 1 saturated heterocycles. The molecule has 2 unspecified atom stereocenters. The van der Waals surface area contributed by atoms with Crippen molar-refractivity contribution in [3.8, 4) is 0 Å². The summed E-state index contributed by atoms with van der Waals surface area (Å²) in [5.41, 5.74) is 5.71. The molecule has 1 aromatic rings. The van der Waals surface area contributed by atoms with Gasteiger partial charge in [0.05, 0.1) is 5.02 Å². The first-order valence-corrected chi connectivity index (χ1v) is 8.33. The number of hydrogen-bond donors (Lipinski definition) is 1. The molecule has 2 rings (SSSR count). The van der Waals surface area contributed by atoms with E-state index in [1.54, 1.807) is 0 Å². The Bertz CT molecular complexity index is 621. The molecule has 1 aliphatic rings. The third-order valence-electron chi connectivity index (χ3n) is 3.92. The van der Waals surface area contributed by atoms with Gasteiger partial charge in [0, 0.05) is 18.3 Å². The summed E-state index contributed by atoms with van der Waals surface area (Å²) in [7, 11) is -3.93. The highest BCUT2D eigenvalue weighted by molar-refractivity contribution is 7.89. The number of benzene rings is 1. The highest BCUT2D eigenvalue weighted by atomic mass is 35.5. The largest absolute Gasteiger partial charge is 0.399 e. The summed E-state index contributed by atoms with van der Waals surface area (Å²) in [5.74, 6) is -0.704. The van der Waals surface area contributed by atoms with Crippen LogP contribution < -0.4 is 5.73 Å². The molecule has 0 amide bonds. The Morgan fingerprint density at radius 1 is 1.40 bits per heavy atom. The fraction of sp³-hybridized carbons (Fsp3) is 0.538. The number of halogens is 2. The molecule has 0 aromatic heterocycles. The number of nitrogens with two attached hydrogens (primary N) is 1. The van der Waals surface area contributed by atoms with Crippen molar-refractivity contribution in [1.82, 2.24) is 4.31 Å². The third-order valence-corrected chi connectivity index (χ3v) is 6.18. The molecular formula is C13H18ClFN2O2S. The van der Waals surface area contributed by atoms with Crippen molar-refractivity contribution in [2.45, 2.75) is 37.6 Å². The molecule has 7 heteroatoms. The predicted molar refractivity (Wildman–Crippen MR) is 77.6 cm³/mol. The van der Waals surface area contributed by atoms with Gasteiger partial charge in [0.15, 0.2) is 5.82 Å². The molecule has 20 heavy (non-hydrogen) atoms. The van der Waals surface area contributed by atoms with Gasteiger partial charge in [0.1, 0.15) is 4.90 Å². The van der Waals surface area contributed by atoms with Crippen LogP contribution in [0.15, 0.2) is 17.0 Å². The molecule has 1 aliphatic heterocycles. The Kier molecular flexibility index (Phi) is 4.27. The number of sulfonamides is 1. The maximum absolute atomic E-state index is 14.1. The molecule has 1 fully saturated rings. The van der Waals surface area contributed by atoms with Gasteiger partial charge in [-0.3, -0.25) is 0 Å². The van der Waals surface area contributed by atoms with Gasteiger partial charge in [-0.05, 0) is 37.8 Å². The lowest BCUT2D eigenvalue weighted by Crippen LogP contribution is -2.46. The molecular weight excluding hydrogens is 303 g/mol. The second kappa shape index (κ2) is 5.50. The van der Waals surface area contributed by atoms with Gasteiger partial charge in [0.25, 0.3) is 0 Å². The molecule has 0 radical (unpaired) electrons. The minimum atomic E-state index is -3.93. The Hall–Kier alpha value is -0.850. The third kappa shape index (κ3) is 2.64. The van der Waals surface area contributed by atoms with Gasteiger partial charge in [-0.1, -0.05) is 18.5 Å². The van der Waals surface area contributed by atoms with E-state index in [0.29, 0.717) is 6.54 Å². The summed E-state index contributed by atoms with van der Waals surface area (Å²) in [4.78, 5) is -0.441. The van der Waals surface area contributed by atoms with E-state index in [0.717, 1.165) is 18.9 Å². The quantitative estimate of drug-likeness (QED) is 0.852. The van der Waals surface area contributed by atoms with Crippen LogP contribution in [0, 0.1) is 11.7 Å².